The Morgan fingerprint density at radius 1 is 1.54 bits per heavy atom. The lowest BCUT2D eigenvalue weighted by atomic mass is 10.3. The van der Waals surface area contributed by atoms with E-state index < -0.39 is 0 Å². The summed E-state index contributed by atoms with van der Waals surface area (Å²) in [5.74, 6) is -0.287. The van der Waals surface area contributed by atoms with Crippen LogP contribution in [-0.4, -0.2) is 25.3 Å². The van der Waals surface area contributed by atoms with Gasteiger partial charge >= 0.3 is 0 Å². The molecule has 2 nitrogen and oxygen atoms in total. The number of hydrogen-bond acceptors (Lipinski definition) is 2. The fraction of sp³-hybridized carbons (Fsp3) is 0.333. The van der Waals surface area contributed by atoms with Crippen molar-refractivity contribution in [3.05, 3.63) is 28.5 Å². The maximum absolute atomic E-state index is 13.3. The highest BCUT2D eigenvalue weighted by Gasteiger charge is 2.06. The Balaban J connectivity index is 2.88. The van der Waals surface area contributed by atoms with Gasteiger partial charge in [-0.2, -0.15) is 0 Å². The third-order valence-electron chi connectivity index (χ3n) is 1.76. The van der Waals surface area contributed by atoms with Gasteiger partial charge in [-0.25, -0.2) is 4.39 Å². The molecule has 4 heteroatoms. The van der Waals surface area contributed by atoms with Crippen LogP contribution in [0.15, 0.2) is 22.7 Å². The molecule has 0 fully saturated rings. The monoisotopic (exact) mass is 247 g/mol. The normalized spacial score (nSPS) is 10.2. The topological polar surface area (TPSA) is 23.5 Å². The molecule has 1 N–H and O–H groups in total. The van der Waals surface area contributed by atoms with Crippen LogP contribution in [0.3, 0.4) is 0 Å². The zero-order valence-corrected chi connectivity index (χ0v) is 8.88. The molecule has 0 aliphatic rings. The molecule has 0 heterocycles. The Hall–Kier alpha value is -0.610. The predicted octanol–water partition coefficient (Wildman–Crippen LogP) is 2.02. The second kappa shape index (κ2) is 4.58. The van der Waals surface area contributed by atoms with Crippen molar-refractivity contribution in [3.8, 4) is 0 Å². The van der Waals surface area contributed by atoms with E-state index >= 15 is 0 Å². The van der Waals surface area contributed by atoms with Gasteiger partial charge in [0.1, 0.15) is 5.82 Å². The van der Waals surface area contributed by atoms with Crippen LogP contribution in [0.4, 0.5) is 10.1 Å². The predicted molar refractivity (Wildman–Crippen MR) is 54.5 cm³/mol. The van der Waals surface area contributed by atoms with Crippen molar-refractivity contribution in [1.29, 1.82) is 0 Å². The number of nitrogens with zero attached hydrogens (tertiary/aromatic N) is 1. The van der Waals surface area contributed by atoms with Gasteiger partial charge < -0.3 is 10.0 Å². The Bertz CT molecular complexity index is 293. The summed E-state index contributed by atoms with van der Waals surface area (Å²) in [7, 11) is 1.74. The molecule has 0 unspecified atom stereocenters. The van der Waals surface area contributed by atoms with Crippen LogP contribution < -0.4 is 4.90 Å². The molecule has 0 amide bonds. The van der Waals surface area contributed by atoms with Crippen molar-refractivity contribution in [1.82, 2.24) is 0 Å². The first-order valence-electron chi connectivity index (χ1n) is 3.92. The molecular formula is C9H11BrFNO. The molecule has 0 saturated heterocycles. The van der Waals surface area contributed by atoms with Crippen molar-refractivity contribution >= 4 is 21.6 Å². The molecule has 0 aliphatic carbocycles. The number of halogens is 2. The van der Waals surface area contributed by atoms with E-state index in [2.05, 4.69) is 15.9 Å². The van der Waals surface area contributed by atoms with E-state index in [0.717, 1.165) is 0 Å². The van der Waals surface area contributed by atoms with Crippen LogP contribution in [0.2, 0.25) is 0 Å². The number of likely N-dealkylation sites (N-methyl/N-ethyl adjacent to an activating group) is 1. The molecule has 0 atom stereocenters. The molecule has 72 valence electrons. The Labute approximate surface area is 85.1 Å². The number of hydrogen-bond donors (Lipinski definition) is 1. The number of benzene rings is 1. The summed E-state index contributed by atoms with van der Waals surface area (Å²) in [5, 5.41) is 8.67. The molecular weight excluding hydrogens is 237 g/mol. The van der Waals surface area contributed by atoms with Crippen molar-refractivity contribution in [2.24, 2.45) is 0 Å². The molecule has 1 aromatic rings. The highest BCUT2D eigenvalue weighted by atomic mass is 79.9. The standard InChI is InChI=1S/C9H11BrFNO/c1-12(4-5-13)9-3-2-7(10)6-8(9)11/h2-3,6,13H,4-5H2,1H3. The summed E-state index contributed by atoms with van der Waals surface area (Å²) in [6.45, 7) is 0.449. The van der Waals surface area contributed by atoms with Gasteiger partial charge in [-0.05, 0) is 18.2 Å². The van der Waals surface area contributed by atoms with Gasteiger partial charge in [0.15, 0.2) is 0 Å². The number of rotatable bonds is 3. The summed E-state index contributed by atoms with van der Waals surface area (Å²) in [6.07, 6.45) is 0. The van der Waals surface area contributed by atoms with Crippen molar-refractivity contribution in [2.45, 2.75) is 0 Å². The molecule has 0 radical (unpaired) electrons. The second-order valence-electron chi connectivity index (χ2n) is 2.74. The molecule has 0 aliphatic heterocycles. The molecule has 1 rings (SSSR count). The van der Waals surface area contributed by atoms with E-state index in [1.165, 1.54) is 6.07 Å². The summed E-state index contributed by atoms with van der Waals surface area (Å²) >= 11 is 3.18. The third-order valence-corrected chi connectivity index (χ3v) is 2.25. The van der Waals surface area contributed by atoms with Gasteiger partial charge in [-0.15, -0.1) is 0 Å². The quantitative estimate of drug-likeness (QED) is 0.884. The zero-order chi connectivity index (χ0) is 9.84. The average Bonchev–Trinajstić information content (AvgIpc) is 2.04. The number of aliphatic hydroxyl groups excluding tert-OH is 1. The summed E-state index contributed by atoms with van der Waals surface area (Å²) < 4.78 is 14.0. The summed E-state index contributed by atoms with van der Waals surface area (Å²) in [6, 6.07) is 4.85. The maximum Gasteiger partial charge on any atom is 0.147 e. The number of anilines is 1. The van der Waals surface area contributed by atoms with E-state index in [4.69, 9.17) is 5.11 Å². The third kappa shape index (κ3) is 2.67. The highest BCUT2D eigenvalue weighted by molar-refractivity contribution is 9.10. The summed E-state index contributed by atoms with van der Waals surface area (Å²) in [5.41, 5.74) is 0.497. The lowest BCUT2D eigenvalue weighted by molar-refractivity contribution is 0.304. The smallest absolute Gasteiger partial charge is 0.147 e. The van der Waals surface area contributed by atoms with Crippen LogP contribution in [0.5, 0.6) is 0 Å². The van der Waals surface area contributed by atoms with Crippen LogP contribution in [-0.2, 0) is 0 Å². The van der Waals surface area contributed by atoms with Gasteiger partial charge in [0.05, 0.1) is 12.3 Å². The first-order valence-corrected chi connectivity index (χ1v) is 4.71. The van der Waals surface area contributed by atoms with Crippen molar-refractivity contribution < 1.29 is 9.50 Å². The van der Waals surface area contributed by atoms with Gasteiger partial charge in [0.25, 0.3) is 0 Å². The molecule has 0 saturated carbocycles. The van der Waals surface area contributed by atoms with Crippen molar-refractivity contribution in [3.63, 3.8) is 0 Å². The Morgan fingerprint density at radius 2 is 2.23 bits per heavy atom. The summed E-state index contributed by atoms with van der Waals surface area (Å²) in [4.78, 5) is 1.67. The van der Waals surface area contributed by atoms with Crippen LogP contribution in [0.1, 0.15) is 0 Å². The van der Waals surface area contributed by atoms with E-state index in [9.17, 15) is 4.39 Å². The highest BCUT2D eigenvalue weighted by Crippen LogP contribution is 2.21. The second-order valence-corrected chi connectivity index (χ2v) is 3.66. The first kappa shape index (κ1) is 10.5. The number of aliphatic hydroxyl groups is 1. The lowest BCUT2D eigenvalue weighted by Crippen LogP contribution is -2.22. The molecule has 0 spiro atoms. The molecule has 1 aromatic carbocycles. The Kier molecular flexibility index (Phi) is 3.69. The van der Waals surface area contributed by atoms with E-state index in [0.29, 0.717) is 16.7 Å². The fourth-order valence-corrected chi connectivity index (χ4v) is 1.39. The average molecular weight is 248 g/mol. The first-order chi connectivity index (χ1) is 6.15. The van der Waals surface area contributed by atoms with E-state index in [1.807, 2.05) is 0 Å². The molecule has 0 bridgehead atoms. The largest absolute Gasteiger partial charge is 0.395 e. The minimum absolute atomic E-state index is 0.0198. The van der Waals surface area contributed by atoms with Gasteiger partial charge in [-0.1, -0.05) is 15.9 Å². The lowest BCUT2D eigenvalue weighted by Gasteiger charge is -2.18. The van der Waals surface area contributed by atoms with Crippen LogP contribution >= 0.6 is 15.9 Å². The Morgan fingerprint density at radius 3 is 2.77 bits per heavy atom. The van der Waals surface area contributed by atoms with E-state index in [1.54, 1.807) is 24.1 Å². The van der Waals surface area contributed by atoms with Gasteiger partial charge in [-0.3, -0.25) is 0 Å². The van der Waals surface area contributed by atoms with E-state index in [-0.39, 0.29) is 12.4 Å². The van der Waals surface area contributed by atoms with Gasteiger partial charge in [0.2, 0.25) is 0 Å². The maximum atomic E-state index is 13.3. The SMILES string of the molecule is CN(CCO)c1ccc(Br)cc1F. The molecule has 0 aromatic heterocycles. The minimum atomic E-state index is -0.287. The molecule has 13 heavy (non-hydrogen) atoms. The van der Waals surface area contributed by atoms with Gasteiger partial charge in [0, 0.05) is 18.1 Å². The van der Waals surface area contributed by atoms with Crippen LogP contribution in [0.25, 0.3) is 0 Å². The van der Waals surface area contributed by atoms with Crippen LogP contribution in [0, 0.1) is 5.82 Å². The fourth-order valence-electron chi connectivity index (χ4n) is 1.06. The van der Waals surface area contributed by atoms with Crippen molar-refractivity contribution in [2.75, 3.05) is 25.1 Å². The minimum Gasteiger partial charge on any atom is -0.395 e. The zero-order valence-electron chi connectivity index (χ0n) is 7.30.